The standard InChI is InChI=1S/C8H19N3O/c1-4-5-9-8(12)10-6-7-11(2)3/h4-7H2,1-3H3,(H2,9,10,12). The summed E-state index contributed by atoms with van der Waals surface area (Å²) in [6.07, 6.45) is 0.973. The normalized spacial score (nSPS) is 10.0. The second-order valence-electron chi connectivity index (χ2n) is 2.99. The molecule has 0 saturated carbocycles. The molecule has 0 aromatic heterocycles. The predicted molar refractivity (Wildman–Crippen MR) is 50.2 cm³/mol. The van der Waals surface area contributed by atoms with Gasteiger partial charge in [0.05, 0.1) is 0 Å². The van der Waals surface area contributed by atoms with Crippen molar-refractivity contribution < 1.29 is 4.79 Å². The molecule has 0 unspecified atom stereocenters. The Kier molecular flexibility index (Phi) is 6.47. The van der Waals surface area contributed by atoms with E-state index in [9.17, 15) is 4.79 Å². The van der Waals surface area contributed by atoms with Crippen LogP contribution in [0.4, 0.5) is 4.79 Å². The molecule has 0 radical (unpaired) electrons. The fourth-order valence-electron chi connectivity index (χ4n) is 0.694. The predicted octanol–water partition coefficient (Wildman–Crippen LogP) is 0.257. The Hall–Kier alpha value is -0.770. The van der Waals surface area contributed by atoms with Gasteiger partial charge in [-0.3, -0.25) is 0 Å². The van der Waals surface area contributed by atoms with Crippen molar-refractivity contribution in [3.8, 4) is 0 Å². The molecule has 0 bridgehead atoms. The van der Waals surface area contributed by atoms with E-state index in [1.807, 2.05) is 25.9 Å². The number of nitrogens with one attached hydrogen (secondary N) is 2. The fourth-order valence-corrected chi connectivity index (χ4v) is 0.694. The van der Waals surface area contributed by atoms with Crippen LogP contribution in [-0.4, -0.2) is 44.7 Å². The zero-order valence-corrected chi connectivity index (χ0v) is 8.18. The van der Waals surface area contributed by atoms with Gasteiger partial charge in [0.15, 0.2) is 0 Å². The van der Waals surface area contributed by atoms with Gasteiger partial charge < -0.3 is 15.5 Å². The van der Waals surface area contributed by atoms with Crippen LogP contribution < -0.4 is 10.6 Å². The zero-order chi connectivity index (χ0) is 9.40. The van der Waals surface area contributed by atoms with Gasteiger partial charge in [-0.2, -0.15) is 0 Å². The summed E-state index contributed by atoms with van der Waals surface area (Å²) in [6, 6.07) is -0.0706. The van der Waals surface area contributed by atoms with E-state index < -0.39 is 0 Å². The van der Waals surface area contributed by atoms with Gasteiger partial charge in [0.1, 0.15) is 0 Å². The maximum atomic E-state index is 10.9. The van der Waals surface area contributed by atoms with Crippen LogP contribution in [0.15, 0.2) is 0 Å². The van der Waals surface area contributed by atoms with Gasteiger partial charge in [-0.05, 0) is 20.5 Å². The van der Waals surface area contributed by atoms with Gasteiger partial charge >= 0.3 is 6.03 Å². The summed E-state index contributed by atoms with van der Waals surface area (Å²) >= 11 is 0. The molecule has 4 heteroatoms. The van der Waals surface area contributed by atoms with E-state index in [4.69, 9.17) is 0 Å². The summed E-state index contributed by atoms with van der Waals surface area (Å²) in [5.74, 6) is 0. The number of urea groups is 1. The van der Waals surface area contributed by atoms with Crippen molar-refractivity contribution in [2.45, 2.75) is 13.3 Å². The number of hydrogen-bond donors (Lipinski definition) is 2. The Morgan fingerprint density at radius 1 is 1.25 bits per heavy atom. The zero-order valence-electron chi connectivity index (χ0n) is 8.18. The molecule has 0 spiro atoms. The van der Waals surface area contributed by atoms with Crippen LogP contribution in [0.3, 0.4) is 0 Å². The molecule has 0 saturated heterocycles. The van der Waals surface area contributed by atoms with E-state index in [0.717, 1.165) is 19.5 Å². The average molecular weight is 173 g/mol. The third-order valence-corrected chi connectivity index (χ3v) is 1.38. The van der Waals surface area contributed by atoms with E-state index in [1.165, 1.54) is 0 Å². The summed E-state index contributed by atoms with van der Waals surface area (Å²) in [7, 11) is 3.96. The van der Waals surface area contributed by atoms with Crippen LogP contribution in [-0.2, 0) is 0 Å². The fraction of sp³-hybridized carbons (Fsp3) is 0.875. The average Bonchev–Trinajstić information content (AvgIpc) is 2.00. The van der Waals surface area contributed by atoms with Gasteiger partial charge in [0.2, 0.25) is 0 Å². The minimum atomic E-state index is -0.0706. The highest BCUT2D eigenvalue weighted by Crippen LogP contribution is 1.73. The van der Waals surface area contributed by atoms with Crippen molar-refractivity contribution >= 4 is 6.03 Å². The molecule has 0 fully saturated rings. The summed E-state index contributed by atoms with van der Waals surface area (Å²) in [5, 5.41) is 5.49. The maximum Gasteiger partial charge on any atom is 0.314 e. The van der Waals surface area contributed by atoms with Crippen LogP contribution >= 0.6 is 0 Å². The molecular formula is C8H19N3O. The minimum absolute atomic E-state index is 0.0706. The molecule has 0 rings (SSSR count). The molecule has 0 atom stereocenters. The quantitative estimate of drug-likeness (QED) is 0.626. The molecule has 0 aromatic carbocycles. The highest BCUT2D eigenvalue weighted by atomic mass is 16.2. The Balaban J connectivity index is 3.20. The number of carbonyl (C=O) groups excluding carboxylic acids is 1. The molecule has 0 aliphatic heterocycles. The highest BCUT2D eigenvalue weighted by molar-refractivity contribution is 5.73. The molecule has 2 amide bonds. The number of carbonyl (C=O) groups is 1. The van der Waals surface area contributed by atoms with E-state index in [2.05, 4.69) is 10.6 Å². The first-order valence-corrected chi connectivity index (χ1v) is 4.33. The number of hydrogen-bond acceptors (Lipinski definition) is 2. The van der Waals surface area contributed by atoms with Crippen LogP contribution in [0.2, 0.25) is 0 Å². The van der Waals surface area contributed by atoms with E-state index >= 15 is 0 Å². The SMILES string of the molecule is CCCNC(=O)NCCN(C)C. The second-order valence-corrected chi connectivity index (χ2v) is 2.99. The van der Waals surface area contributed by atoms with Crippen molar-refractivity contribution in [2.24, 2.45) is 0 Å². The van der Waals surface area contributed by atoms with Crippen molar-refractivity contribution in [1.82, 2.24) is 15.5 Å². The molecule has 0 heterocycles. The maximum absolute atomic E-state index is 10.9. The molecule has 0 aliphatic carbocycles. The van der Waals surface area contributed by atoms with E-state index in [0.29, 0.717) is 6.54 Å². The molecule has 0 aromatic rings. The lowest BCUT2D eigenvalue weighted by Crippen LogP contribution is -2.39. The Morgan fingerprint density at radius 2 is 1.83 bits per heavy atom. The third-order valence-electron chi connectivity index (χ3n) is 1.38. The molecule has 2 N–H and O–H groups in total. The lowest BCUT2D eigenvalue weighted by molar-refractivity contribution is 0.239. The van der Waals surface area contributed by atoms with Crippen molar-refractivity contribution in [3.05, 3.63) is 0 Å². The number of likely N-dealkylation sites (N-methyl/N-ethyl adjacent to an activating group) is 1. The Labute approximate surface area is 74.3 Å². The molecule has 12 heavy (non-hydrogen) atoms. The number of amides is 2. The third kappa shape index (κ3) is 7.34. The van der Waals surface area contributed by atoms with Crippen LogP contribution in [0.25, 0.3) is 0 Å². The molecule has 4 nitrogen and oxygen atoms in total. The second kappa shape index (κ2) is 6.91. The van der Waals surface area contributed by atoms with Crippen molar-refractivity contribution in [3.63, 3.8) is 0 Å². The molecule has 0 aliphatic rings. The summed E-state index contributed by atoms with van der Waals surface area (Å²) in [5.41, 5.74) is 0. The summed E-state index contributed by atoms with van der Waals surface area (Å²) < 4.78 is 0. The van der Waals surface area contributed by atoms with E-state index in [1.54, 1.807) is 0 Å². The monoisotopic (exact) mass is 173 g/mol. The largest absolute Gasteiger partial charge is 0.338 e. The van der Waals surface area contributed by atoms with Crippen LogP contribution in [0, 0.1) is 0 Å². The number of nitrogens with zero attached hydrogens (tertiary/aromatic N) is 1. The highest BCUT2D eigenvalue weighted by Gasteiger charge is 1.96. The first kappa shape index (κ1) is 11.2. The summed E-state index contributed by atoms with van der Waals surface area (Å²) in [6.45, 7) is 4.34. The first-order valence-electron chi connectivity index (χ1n) is 4.33. The van der Waals surface area contributed by atoms with Gasteiger partial charge in [0, 0.05) is 19.6 Å². The van der Waals surface area contributed by atoms with Crippen molar-refractivity contribution in [1.29, 1.82) is 0 Å². The smallest absolute Gasteiger partial charge is 0.314 e. The number of rotatable bonds is 5. The lowest BCUT2D eigenvalue weighted by Gasteiger charge is -2.10. The minimum Gasteiger partial charge on any atom is -0.338 e. The van der Waals surface area contributed by atoms with Gasteiger partial charge in [-0.15, -0.1) is 0 Å². The Bertz CT molecular complexity index is 125. The first-order chi connectivity index (χ1) is 5.66. The van der Waals surface area contributed by atoms with E-state index in [-0.39, 0.29) is 6.03 Å². The van der Waals surface area contributed by atoms with Crippen LogP contribution in [0.5, 0.6) is 0 Å². The van der Waals surface area contributed by atoms with Crippen molar-refractivity contribution in [2.75, 3.05) is 33.7 Å². The van der Waals surface area contributed by atoms with Crippen LogP contribution in [0.1, 0.15) is 13.3 Å². The lowest BCUT2D eigenvalue weighted by atomic mass is 10.5. The molecule has 72 valence electrons. The summed E-state index contributed by atoms with van der Waals surface area (Å²) in [4.78, 5) is 13.0. The van der Waals surface area contributed by atoms with Gasteiger partial charge in [-0.1, -0.05) is 6.92 Å². The van der Waals surface area contributed by atoms with Gasteiger partial charge in [0.25, 0.3) is 0 Å². The topological polar surface area (TPSA) is 44.4 Å². The molecular weight excluding hydrogens is 154 g/mol. The van der Waals surface area contributed by atoms with Gasteiger partial charge in [-0.25, -0.2) is 4.79 Å². The Morgan fingerprint density at radius 3 is 2.33 bits per heavy atom.